The number of aliphatic carboxylic acids is 1. The Hall–Kier alpha value is -2.06. The molecule has 1 aromatic carbocycles. The lowest BCUT2D eigenvalue weighted by atomic mass is 10.0. The van der Waals surface area contributed by atoms with Crippen molar-refractivity contribution in [1.29, 1.82) is 0 Å². The van der Waals surface area contributed by atoms with E-state index < -0.39 is 24.0 Å². The molecule has 25 heavy (non-hydrogen) atoms. The molecule has 0 heterocycles. The van der Waals surface area contributed by atoms with Crippen LogP contribution in [-0.4, -0.2) is 40.7 Å². The first-order valence-electron chi connectivity index (χ1n) is 8.01. The highest BCUT2D eigenvalue weighted by molar-refractivity contribution is 7.80. The summed E-state index contributed by atoms with van der Waals surface area (Å²) in [6.07, 6.45) is 0.346. The molecule has 0 aromatic heterocycles. The van der Waals surface area contributed by atoms with Gasteiger partial charge in [0.1, 0.15) is 6.04 Å². The van der Waals surface area contributed by atoms with Crippen LogP contribution in [0.3, 0.4) is 0 Å². The summed E-state index contributed by atoms with van der Waals surface area (Å²) in [5, 5.41) is 14.4. The van der Waals surface area contributed by atoms with Crippen molar-refractivity contribution in [3.05, 3.63) is 35.4 Å². The third-order valence-corrected chi connectivity index (χ3v) is 3.89. The maximum atomic E-state index is 12.3. The van der Waals surface area contributed by atoms with Crippen LogP contribution in [0.15, 0.2) is 24.3 Å². The third kappa shape index (κ3) is 7.15. The van der Waals surface area contributed by atoms with Crippen LogP contribution in [0, 0.1) is 5.92 Å². The number of hydrogen-bond donors (Lipinski definition) is 5. The molecule has 0 saturated heterocycles. The number of carboxylic acid groups (broad SMARTS) is 1. The molecular formula is C17H25N3O4S. The van der Waals surface area contributed by atoms with E-state index in [1.807, 2.05) is 13.8 Å². The van der Waals surface area contributed by atoms with Crippen molar-refractivity contribution in [1.82, 2.24) is 10.6 Å². The topological polar surface area (TPSA) is 122 Å². The van der Waals surface area contributed by atoms with Crippen LogP contribution in [0.1, 0.15) is 36.2 Å². The van der Waals surface area contributed by atoms with Crippen LogP contribution < -0.4 is 16.4 Å². The number of amides is 2. The van der Waals surface area contributed by atoms with Gasteiger partial charge in [-0.3, -0.25) is 9.59 Å². The first-order valence-corrected chi connectivity index (χ1v) is 8.64. The summed E-state index contributed by atoms with van der Waals surface area (Å²) in [5.41, 5.74) is 6.62. The Bertz CT molecular complexity index is 622. The molecule has 7 nitrogen and oxygen atoms in total. The average Bonchev–Trinajstić information content (AvgIpc) is 2.57. The highest BCUT2D eigenvalue weighted by atomic mass is 32.1. The number of carboxylic acids is 1. The maximum Gasteiger partial charge on any atom is 0.326 e. The second-order valence-corrected chi connectivity index (χ2v) is 6.57. The predicted octanol–water partition coefficient (Wildman–Crippen LogP) is 0.789. The zero-order valence-electron chi connectivity index (χ0n) is 14.4. The molecule has 138 valence electrons. The smallest absolute Gasteiger partial charge is 0.326 e. The summed E-state index contributed by atoms with van der Waals surface area (Å²) >= 11 is 3.96. The van der Waals surface area contributed by atoms with Crippen LogP contribution in [0.25, 0.3) is 0 Å². The summed E-state index contributed by atoms with van der Waals surface area (Å²) in [6.45, 7) is 4.00. The zero-order chi connectivity index (χ0) is 19.0. The number of thiol groups is 1. The fourth-order valence-electron chi connectivity index (χ4n) is 2.16. The van der Waals surface area contributed by atoms with Gasteiger partial charge in [-0.25, -0.2) is 4.79 Å². The van der Waals surface area contributed by atoms with Gasteiger partial charge < -0.3 is 21.5 Å². The molecular weight excluding hydrogens is 342 g/mol. The van der Waals surface area contributed by atoms with E-state index >= 15 is 0 Å². The van der Waals surface area contributed by atoms with Crippen molar-refractivity contribution in [3.63, 3.8) is 0 Å². The average molecular weight is 367 g/mol. The van der Waals surface area contributed by atoms with Gasteiger partial charge in [-0.2, -0.15) is 12.6 Å². The molecule has 0 fully saturated rings. The summed E-state index contributed by atoms with van der Waals surface area (Å²) < 4.78 is 0. The summed E-state index contributed by atoms with van der Waals surface area (Å²) in [6, 6.07) is 5.00. The minimum absolute atomic E-state index is 0.138. The number of nitrogens with two attached hydrogens (primary N) is 1. The fourth-order valence-corrected chi connectivity index (χ4v) is 2.33. The monoisotopic (exact) mass is 367 g/mol. The van der Waals surface area contributed by atoms with Crippen LogP contribution in [-0.2, 0) is 16.1 Å². The molecule has 0 saturated carbocycles. The number of carbonyl (C=O) groups is 3. The van der Waals surface area contributed by atoms with Crippen molar-refractivity contribution < 1.29 is 19.5 Å². The predicted molar refractivity (Wildman–Crippen MR) is 98.5 cm³/mol. The van der Waals surface area contributed by atoms with Crippen molar-refractivity contribution in [3.8, 4) is 0 Å². The van der Waals surface area contributed by atoms with E-state index in [1.54, 1.807) is 24.3 Å². The molecule has 0 aliphatic rings. The Morgan fingerprint density at radius 2 is 1.96 bits per heavy atom. The molecule has 8 heteroatoms. The Morgan fingerprint density at radius 1 is 1.28 bits per heavy atom. The molecule has 0 unspecified atom stereocenters. The van der Waals surface area contributed by atoms with E-state index in [-0.39, 0.29) is 24.1 Å². The van der Waals surface area contributed by atoms with Crippen LogP contribution in [0.2, 0.25) is 0 Å². The van der Waals surface area contributed by atoms with E-state index in [1.165, 1.54) is 0 Å². The summed E-state index contributed by atoms with van der Waals surface area (Å²) in [5.74, 6) is -1.48. The van der Waals surface area contributed by atoms with Gasteiger partial charge in [0, 0.05) is 17.9 Å². The first-order chi connectivity index (χ1) is 11.7. The van der Waals surface area contributed by atoms with Crippen LogP contribution in [0.4, 0.5) is 0 Å². The zero-order valence-corrected chi connectivity index (χ0v) is 15.3. The fraction of sp³-hybridized carbons (Fsp3) is 0.471. The standard InChI is InChI=1S/C17H25N3O4S/c1-10(2)6-14(17(23)24)20-15(21)12-5-3-4-11(7-12)8-19-16(22)13(18)9-25/h3-5,7,10,13-14,25H,6,8-9,18H2,1-2H3,(H,19,22)(H,20,21)(H,23,24)/t13-,14-/m0/s1. The second kappa shape index (κ2) is 10.0. The van der Waals surface area contributed by atoms with Gasteiger partial charge in [-0.05, 0) is 30.0 Å². The van der Waals surface area contributed by atoms with Gasteiger partial charge in [-0.15, -0.1) is 0 Å². The second-order valence-electron chi connectivity index (χ2n) is 6.20. The summed E-state index contributed by atoms with van der Waals surface area (Å²) in [4.78, 5) is 35.2. The Morgan fingerprint density at radius 3 is 2.52 bits per heavy atom. The lowest BCUT2D eigenvalue weighted by molar-refractivity contribution is -0.139. The third-order valence-electron chi connectivity index (χ3n) is 3.50. The van der Waals surface area contributed by atoms with Gasteiger partial charge in [0.05, 0.1) is 6.04 Å². The molecule has 0 aliphatic heterocycles. The van der Waals surface area contributed by atoms with Gasteiger partial charge in [-0.1, -0.05) is 26.0 Å². The molecule has 0 bridgehead atoms. The van der Waals surface area contributed by atoms with E-state index in [0.29, 0.717) is 17.5 Å². The minimum Gasteiger partial charge on any atom is -0.480 e. The molecule has 2 amide bonds. The number of carbonyl (C=O) groups excluding carboxylic acids is 2. The summed E-state index contributed by atoms with van der Waals surface area (Å²) in [7, 11) is 0. The van der Waals surface area contributed by atoms with E-state index in [4.69, 9.17) is 5.73 Å². The molecule has 0 radical (unpaired) electrons. The van der Waals surface area contributed by atoms with Crippen molar-refractivity contribution in [2.24, 2.45) is 11.7 Å². The first kappa shape index (κ1) is 21.0. The van der Waals surface area contributed by atoms with Crippen molar-refractivity contribution in [2.75, 3.05) is 5.75 Å². The van der Waals surface area contributed by atoms with Crippen molar-refractivity contribution in [2.45, 2.75) is 38.9 Å². The molecule has 0 aliphatic carbocycles. The van der Waals surface area contributed by atoms with Crippen LogP contribution >= 0.6 is 12.6 Å². The SMILES string of the molecule is CC(C)C[C@H](NC(=O)c1cccc(CNC(=O)[C@@H](N)CS)c1)C(=O)O. The lowest BCUT2D eigenvalue weighted by Gasteiger charge is -2.17. The maximum absolute atomic E-state index is 12.3. The van der Waals surface area contributed by atoms with Crippen LogP contribution in [0.5, 0.6) is 0 Å². The molecule has 0 spiro atoms. The van der Waals surface area contributed by atoms with E-state index in [2.05, 4.69) is 23.3 Å². The lowest BCUT2D eigenvalue weighted by Crippen LogP contribution is -2.42. The molecule has 1 rings (SSSR count). The van der Waals surface area contributed by atoms with Crippen molar-refractivity contribution >= 4 is 30.4 Å². The Kier molecular flexibility index (Phi) is 8.44. The Labute approximate surface area is 152 Å². The largest absolute Gasteiger partial charge is 0.480 e. The van der Waals surface area contributed by atoms with E-state index in [0.717, 1.165) is 0 Å². The van der Waals surface area contributed by atoms with Gasteiger partial charge in [0.15, 0.2) is 0 Å². The molecule has 1 aromatic rings. The van der Waals surface area contributed by atoms with E-state index in [9.17, 15) is 19.5 Å². The molecule has 2 atom stereocenters. The van der Waals surface area contributed by atoms with Gasteiger partial charge >= 0.3 is 5.97 Å². The molecule has 5 N–H and O–H groups in total. The Balaban J connectivity index is 2.74. The quantitative estimate of drug-likeness (QED) is 0.413. The van der Waals surface area contributed by atoms with Gasteiger partial charge in [0.25, 0.3) is 5.91 Å². The number of rotatable bonds is 9. The normalized spacial score (nSPS) is 13.2. The number of benzene rings is 1. The number of hydrogen-bond acceptors (Lipinski definition) is 5. The minimum atomic E-state index is -1.06. The van der Waals surface area contributed by atoms with Gasteiger partial charge in [0.2, 0.25) is 5.91 Å². The number of nitrogens with one attached hydrogen (secondary N) is 2. The highest BCUT2D eigenvalue weighted by Crippen LogP contribution is 2.09. The highest BCUT2D eigenvalue weighted by Gasteiger charge is 2.21.